The van der Waals surface area contributed by atoms with Crippen molar-refractivity contribution in [3.05, 3.63) is 267 Å². The lowest BCUT2D eigenvalue weighted by atomic mass is 9.89. The lowest BCUT2D eigenvalue weighted by Gasteiger charge is -2.34. The van der Waals surface area contributed by atoms with E-state index in [1.165, 1.54) is 54.2 Å². The molecule has 0 aliphatic rings. The zero-order valence-electron chi connectivity index (χ0n) is 37.3. The molecule has 0 aliphatic carbocycles. The van der Waals surface area contributed by atoms with Crippen molar-refractivity contribution in [1.29, 1.82) is 0 Å². The van der Waals surface area contributed by atoms with E-state index in [0.29, 0.717) is 0 Å². The lowest BCUT2D eigenvalue weighted by Crippen LogP contribution is -2.15. The minimum absolute atomic E-state index is 1.09. The fourth-order valence-electron chi connectivity index (χ4n) is 10.7. The van der Waals surface area contributed by atoms with Gasteiger partial charge >= 0.3 is 0 Å². The Labute approximate surface area is 395 Å². The summed E-state index contributed by atoms with van der Waals surface area (Å²) in [6, 6.07) is 98.0. The Balaban J connectivity index is 1.24. The fraction of sp³-hybridized carbons (Fsp3) is 0. The molecule has 0 amide bonds. The molecule has 0 bridgehead atoms. The van der Waals surface area contributed by atoms with Crippen LogP contribution in [0.15, 0.2) is 267 Å². The van der Waals surface area contributed by atoms with E-state index in [0.717, 1.165) is 66.8 Å². The van der Waals surface area contributed by atoms with Gasteiger partial charge < -0.3 is 9.80 Å². The summed E-state index contributed by atoms with van der Waals surface area (Å²) in [5.41, 5.74) is 11.4. The molecular formula is C66H44N2. The largest absolute Gasteiger partial charge is 0.309 e. The van der Waals surface area contributed by atoms with E-state index >= 15 is 0 Å². The van der Waals surface area contributed by atoms with Crippen LogP contribution in [0.1, 0.15) is 0 Å². The van der Waals surface area contributed by atoms with Crippen molar-refractivity contribution >= 4 is 98.8 Å². The van der Waals surface area contributed by atoms with Crippen molar-refractivity contribution in [2.45, 2.75) is 0 Å². The van der Waals surface area contributed by atoms with Crippen LogP contribution in [0.4, 0.5) is 34.1 Å². The van der Waals surface area contributed by atoms with Gasteiger partial charge in [-0.05, 0) is 103 Å². The molecule has 0 heterocycles. The second kappa shape index (κ2) is 16.5. The van der Waals surface area contributed by atoms with Crippen LogP contribution < -0.4 is 9.80 Å². The van der Waals surface area contributed by atoms with Gasteiger partial charge in [-0.3, -0.25) is 0 Å². The van der Waals surface area contributed by atoms with Gasteiger partial charge in [-0.2, -0.15) is 0 Å². The minimum atomic E-state index is 1.09. The Morgan fingerprint density at radius 3 is 0.941 bits per heavy atom. The first-order chi connectivity index (χ1) is 33.8. The summed E-state index contributed by atoms with van der Waals surface area (Å²) in [7, 11) is 0. The van der Waals surface area contributed by atoms with Crippen LogP contribution in [0.5, 0.6) is 0 Å². The van der Waals surface area contributed by atoms with Gasteiger partial charge in [0.25, 0.3) is 0 Å². The zero-order chi connectivity index (χ0) is 45.0. The van der Waals surface area contributed by atoms with Crippen LogP contribution in [0.2, 0.25) is 0 Å². The molecule has 0 saturated carbocycles. The number of rotatable bonds is 8. The molecule has 0 atom stereocenters. The molecule has 0 aromatic heterocycles. The Bertz CT molecular complexity index is 3760. The molecule has 0 N–H and O–H groups in total. The summed E-state index contributed by atoms with van der Waals surface area (Å²) in [5.74, 6) is 0. The third kappa shape index (κ3) is 6.57. The average molecular weight is 865 g/mol. The molecule has 0 unspecified atom stereocenters. The van der Waals surface area contributed by atoms with Gasteiger partial charge in [-0.1, -0.05) is 218 Å². The van der Waals surface area contributed by atoms with E-state index in [1.54, 1.807) is 0 Å². The summed E-state index contributed by atoms with van der Waals surface area (Å²) in [6.07, 6.45) is 0. The summed E-state index contributed by atoms with van der Waals surface area (Å²) >= 11 is 0. The van der Waals surface area contributed by atoms with Crippen molar-refractivity contribution in [3.63, 3.8) is 0 Å². The summed E-state index contributed by atoms with van der Waals surface area (Å²) in [5, 5.41) is 14.2. The van der Waals surface area contributed by atoms with Crippen LogP contribution >= 0.6 is 0 Å². The number of nitrogens with zero attached hydrogens (tertiary/aromatic N) is 2. The molecule has 0 radical (unpaired) electrons. The lowest BCUT2D eigenvalue weighted by molar-refractivity contribution is 1.31. The maximum atomic E-state index is 2.52. The minimum Gasteiger partial charge on any atom is -0.309 e. The topological polar surface area (TPSA) is 6.48 Å². The number of hydrogen-bond donors (Lipinski definition) is 0. The number of benzene rings is 13. The van der Waals surface area contributed by atoms with Gasteiger partial charge in [0, 0.05) is 43.7 Å². The standard InChI is InChI=1S/C66H44N2/c1-3-27-51(28-4-1)67(63-37-17-25-47-21-9-13-33-57(47)63)65-59-41-39-50(56-36-16-24-46-20-8-12-32-54(46)56)44-62(59)66(60-42-40-49(43-61(60)65)55-35-15-23-45-19-7-11-31-53(45)55)68(52-29-5-2-6-30-52)64-38-18-26-48-22-10-14-34-58(48)64/h1-44H. The summed E-state index contributed by atoms with van der Waals surface area (Å²) < 4.78 is 0. The first kappa shape index (κ1) is 39.4. The molecule has 2 nitrogen and oxygen atoms in total. The first-order valence-electron chi connectivity index (χ1n) is 23.4. The number of hydrogen-bond acceptors (Lipinski definition) is 2. The van der Waals surface area contributed by atoms with E-state index < -0.39 is 0 Å². The maximum Gasteiger partial charge on any atom is 0.0620 e. The number of anilines is 6. The third-order valence-electron chi connectivity index (χ3n) is 13.8. The maximum absolute atomic E-state index is 2.52. The van der Waals surface area contributed by atoms with E-state index in [9.17, 15) is 0 Å². The van der Waals surface area contributed by atoms with E-state index in [2.05, 4.69) is 277 Å². The van der Waals surface area contributed by atoms with Crippen LogP contribution in [-0.4, -0.2) is 0 Å². The van der Waals surface area contributed by atoms with Crippen molar-refractivity contribution in [2.24, 2.45) is 0 Å². The van der Waals surface area contributed by atoms with E-state index in [1.807, 2.05) is 0 Å². The second-order valence-corrected chi connectivity index (χ2v) is 17.6. The van der Waals surface area contributed by atoms with Gasteiger partial charge in [0.2, 0.25) is 0 Å². The third-order valence-corrected chi connectivity index (χ3v) is 13.8. The highest BCUT2D eigenvalue weighted by atomic mass is 15.2. The highest BCUT2D eigenvalue weighted by molar-refractivity contribution is 6.26. The fourth-order valence-corrected chi connectivity index (χ4v) is 10.7. The molecule has 13 aromatic carbocycles. The normalized spacial score (nSPS) is 11.5. The molecule has 0 fully saturated rings. The molecule has 13 rings (SSSR count). The molecule has 13 aromatic rings. The molecule has 0 saturated heterocycles. The Morgan fingerprint density at radius 1 is 0.206 bits per heavy atom. The predicted molar refractivity (Wildman–Crippen MR) is 292 cm³/mol. The highest BCUT2D eigenvalue weighted by Gasteiger charge is 2.28. The Kier molecular flexibility index (Phi) is 9.54. The van der Waals surface area contributed by atoms with Crippen molar-refractivity contribution in [3.8, 4) is 22.3 Å². The molecule has 68 heavy (non-hydrogen) atoms. The number of fused-ring (bicyclic) bond motifs is 6. The molecule has 2 heteroatoms. The van der Waals surface area contributed by atoms with Crippen LogP contribution in [0.25, 0.3) is 86.9 Å². The highest BCUT2D eigenvalue weighted by Crippen LogP contribution is 2.54. The van der Waals surface area contributed by atoms with Crippen molar-refractivity contribution in [2.75, 3.05) is 9.80 Å². The quantitative estimate of drug-likeness (QED) is 0.111. The Hall–Kier alpha value is -8.98. The SMILES string of the molecule is c1ccc(N(c2cccc3ccccc23)c2c3ccc(-c4cccc5ccccc45)cc3c(N(c3ccccc3)c3cccc4ccccc34)c3ccc(-c4cccc5ccccc45)cc23)cc1. The second-order valence-electron chi connectivity index (χ2n) is 17.6. The predicted octanol–water partition coefficient (Wildman–Crippen LogP) is 18.9. The average Bonchev–Trinajstić information content (AvgIpc) is 3.41. The van der Waals surface area contributed by atoms with Crippen LogP contribution in [0.3, 0.4) is 0 Å². The van der Waals surface area contributed by atoms with Gasteiger partial charge in [0.1, 0.15) is 0 Å². The van der Waals surface area contributed by atoms with Gasteiger partial charge in [0.05, 0.1) is 22.7 Å². The molecule has 318 valence electrons. The monoisotopic (exact) mass is 864 g/mol. The van der Waals surface area contributed by atoms with Gasteiger partial charge in [0.15, 0.2) is 0 Å². The van der Waals surface area contributed by atoms with Crippen molar-refractivity contribution < 1.29 is 0 Å². The zero-order valence-corrected chi connectivity index (χ0v) is 37.3. The van der Waals surface area contributed by atoms with Crippen LogP contribution in [0, 0.1) is 0 Å². The van der Waals surface area contributed by atoms with Crippen LogP contribution in [-0.2, 0) is 0 Å². The van der Waals surface area contributed by atoms with E-state index in [4.69, 9.17) is 0 Å². The smallest absolute Gasteiger partial charge is 0.0620 e. The van der Waals surface area contributed by atoms with Gasteiger partial charge in [-0.15, -0.1) is 0 Å². The first-order valence-corrected chi connectivity index (χ1v) is 23.4. The Morgan fingerprint density at radius 2 is 0.529 bits per heavy atom. The molecular weight excluding hydrogens is 821 g/mol. The van der Waals surface area contributed by atoms with E-state index in [-0.39, 0.29) is 0 Å². The summed E-state index contributed by atoms with van der Waals surface area (Å²) in [4.78, 5) is 5.04. The molecule has 0 spiro atoms. The van der Waals surface area contributed by atoms with Crippen molar-refractivity contribution in [1.82, 2.24) is 0 Å². The summed E-state index contributed by atoms with van der Waals surface area (Å²) in [6.45, 7) is 0. The number of para-hydroxylation sites is 2. The molecule has 0 aliphatic heterocycles. The van der Waals surface area contributed by atoms with Gasteiger partial charge in [-0.25, -0.2) is 0 Å².